The SMILES string of the molecule is COc1cccc2c1C(=O)c1c(O)c3c(c(O)c1C2=O)C[C@@](O)(C(=O)CO)CC3O[C@H]1CC(N)C(O[C@@H]2CCCCO2)C(C)O1. The van der Waals surface area contributed by atoms with Crippen molar-refractivity contribution in [1.29, 1.82) is 0 Å². The second kappa shape index (κ2) is 12.1. The van der Waals surface area contributed by atoms with Gasteiger partial charge in [-0.2, -0.15) is 0 Å². The molecule has 45 heavy (non-hydrogen) atoms. The summed E-state index contributed by atoms with van der Waals surface area (Å²) in [5.41, 5.74) is 2.98. The number of ether oxygens (including phenoxy) is 5. The number of phenols is 2. The molecule has 2 aliphatic heterocycles. The standard InChI is InChI=1S/C32H37NO12/c1-14-31(45-21-8-3-4-9-42-21)17(33)10-22(43-14)44-19-12-32(40,20(35)13-34)11-16-24(19)30(39)26-25(28(16)37)27(36)15-6-5-7-18(41-2)23(15)29(26)38/h5-7,14,17,19,21-22,31,34,37,39-40H,3-4,8-13,33H2,1-2H3/t14?,17?,19?,21-,22+,31?,32+/m1/s1. The highest BCUT2D eigenvalue weighted by atomic mass is 16.7. The maximum absolute atomic E-state index is 13.8. The Bertz CT molecular complexity index is 1520. The zero-order chi connectivity index (χ0) is 32.2. The Balaban J connectivity index is 1.38. The number of nitrogens with two attached hydrogens (primary N) is 1. The van der Waals surface area contributed by atoms with Crippen molar-refractivity contribution in [2.24, 2.45) is 5.73 Å². The average molecular weight is 628 g/mol. The van der Waals surface area contributed by atoms with Crippen LogP contribution in [0.15, 0.2) is 18.2 Å². The number of aliphatic hydroxyl groups is 2. The lowest BCUT2D eigenvalue weighted by Crippen LogP contribution is -2.55. The predicted molar refractivity (Wildman–Crippen MR) is 154 cm³/mol. The molecule has 4 aliphatic rings. The number of aliphatic hydroxyl groups excluding tert-OH is 1. The Hall–Kier alpha value is -3.43. The number of Topliss-reactive ketones (excluding diaryl/α,β-unsaturated/α-hetero) is 1. The van der Waals surface area contributed by atoms with E-state index in [2.05, 4.69) is 0 Å². The van der Waals surface area contributed by atoms with E-state index >= 15 is 0 Å². The van der Waals surface area contributed by atoms with Crippen molar-refractivity contribution >= 4 is 17.3 Å². The van der Waals surface area contributed by atoms with Gasteiger partial charge in [-0.25, -0.2) is 0 Å². The summed E-state index contributed by atoms with van der Waals surface area (Å²) in [7, 11) is 1.34. The van der Waals surface area contributed by atoms with E-state index in [1.807, 2.05) is 0 Å². The molecule has 242 valence electrons. The van der Waals surface area contributed by atoms with E-state index in [0.717, 1.165) is 19.3 Å². The summed E-state index contributed by atoms with van der Waals surface area (Å²) in [6, 6.07) is 3.86. The van der Waals surface area contributed by atoms with E-state index in [1.54, 1.807) is 6.92 Å². The van der Waals surface area contributed by atoms with Crippen LogP contribution in [0.1, 0.15) is 88.1 Å². The molecule has 2 heterocycles. The molecule has 0 saturated carbocycles. The molecule has 7 atom stereocenters. The number of carbonyl (C=O) groups is 3. The lowest BCUT2D eigenvalue weighted by molar-refractivity contribution is -0.281. The number of aromatic hydroxyl groups is 2. The van der Waals surface area contributed by atoms with Crippen LogP contribution in [0.5, 0.6) is 17.2 Å². The van der Waals surface area contributed by atoms with Gasteiger partial charge in [0.2, 0.25) is 5.78 Å². The summed E-state index contributed by atoms with van der Waals surface area (Å²) in [4.78, 5) is 40.2. The van der Waals surface area contributed by atoms with E-state index in [1.165, 1.54) is 25.3 Å². The predicted octanol–water partition coefficient (Wildman–Crippen LogP) is 1.55. The maximum Gasteiger partial charge on any atom is 0.202 e. The van der Waals surface area contributed by atoms with Crippen molar-refractivity contribution in [3.05, 3.63) is 51.6 Å². The zero-order valence-electron chi connectivity index (χ0n) is 25.0. The van der Waals surface area contributed by atoms with Crippen LogP contribution in [0.3, 0.4) is 0 Å². The van der Waals surface area contributed by atoms with Gasteiger partial charge in [0.15, 0.2) is 24.1 Å². The van der Waals surface area contributed by atoms with Crippen molar-refractivity contribution in [2.45, 2.75) is 88.0 Å². The fourth-order valence-corrected chi connectivity index (χ4v) is 6.95. The van der Waals surface area contributed by atoms with Gasteiger partial charge >= 0.3 is 0 Å². The van der Waals surface area contributed by atoms with Crippen LogP contribution in [-0.4, -0.2) is 94.5 Å². The van der Waals surface area contributed by atoms with E-state index < -0.39 is 102 Å². The van der Waals surface area contributed by atoms with Crippen molar-refractivity contribution in [2.75, 3.05) is 20.3 Å². The third-order valence-electron chi connectivity index (χ3n) is 9.22. The molecule has 2 aromatic rings. The van der Waals surface area contributed by atoms with Gasteiger partial charge < -0.3 is 49.8 Å². The number of hydrogen-bond acceptors (Lipinski definition) is 13. The first-order chi connectivity index (χ1) is 21.5. The van der Waals surface area contributed by atoms with Gasteiger partial charge in [-0.1, -0.05) is 12.1 Å². The fraction of sp³-hybridized carbons (Fsp3) is 0.531. The molecule has 6 rings (SSSR count). The molecular weight excluding hydrogens is 590 g/mol. The lowest BCUT2D eigenvalue weighted by Gasteiger charge is -2.43. The summed E-state index contributed by atoms with van der Waals surface area (Å²) in [6.07, 6.45) is -2.03. The van der Waals surface area contributed by atoms with Crippen molar-refractivity contribution in [3.8, 4) is 17.2 Å². The number of rotatable bonds is 7. The number of fused-ring (bicyclic) bond motifs is 3. The molecular formula is C32H37NO12. The van der Waals surface area contributed by atoms with Crippen molar-refractivity contribution in [3.63, 3.8) is 0 Å². The van der Waals surface area contributed by atoms with Crippen molar-refractivity contribution < 1.29 is 58.5 Å². The van der Waals surface area contributed by atoms with Crippen LogP contribution in [0.25, 0.3) is 0 Å². The van der Waals surface area contributed by atoms with Crippen LogP contribution in [-0.2, 0) is 30.2 Å². The summed E-state index contributed by atoms with van der Waals surface area (Å²) in [6.45, 7) is 1.35. The van der Waals surface area contributed by atoms with Gasteiger partial charge in [0.05, 0.1) is 36.0 Å². The minimum Gasteiger partial charge on any atom is -0.507 e. The second-order valence-electron chi connectivity index (χ2n) is 12.1. The maximum atomic E-state index is 13.8. The molecule has 2 aliphatic carbocycles. The molecule has 2 saturated heterocycles. The number of methoxy groups -OCH3 is 1. The van der Waals surface area contributed by atoms with Gasteiger partial charge in [-0.05, 0) is 32.3 Å². The third-order valence-corrected chi connectivity index (χ3v) is 9.22. The topological polar surface area (TPSA) is 204 Å². The van der Waals surface area contributed by atoms with Crippen molar-refractivity contribution in [1.82, 2.24) is 0 Å². The van der Waals surface area contributed by atoms with Crippen LogP contribution in [0.2, 0.25) is 0 Å². The quantitative estimate of drug-likeness (QED) is 0.236. The molecule has 0 radical (unpaired) electrons. The van der Waals surface area contributed by atoms with Gasteiger partial charge in [0.25, 0.3) is 0 Å². The molecule has 4 unspecified atom stereocenters. The lowest BCUT2D eigenvalue weighted by atomic mass is 9.72. The van der Waals surface area contributed by atoms with Gasteiger partial charge in [0.1, 0.15) is 35.6 Å². The first-order valence-electron chi connectivity index (χ1n) is 15.1. The van der Waals surface area contributed by atoms with Crippen LogP contribution in [0.4, 0.5) is 0 Å². The minimum atomic E-state index is -2.24. The zero-order valence-corrected chi connectivity index (χ0v) is 25.0. The second-order valence-corrected chi connectivity index (χ2v) is 12.1. The largest absolute Gasteiger partial charge is 0.507 e. The Morgan fingerprint density at radius 2 is 1.82 bits per heavy atom. The molecule has 0 bridgehead atoms. The molecule has 13 heteroatoms. The van der Waals surface area contributed by atoms with Crippen LogP contribution < -0.4 is 10.5 Å². The summed E-state index contributed by atoms with van der Waals surface area (Å²) < 4.78 is 29.5. The minimum absolute atomic E-state index is 0.0409. The molecule has 13 nitrogen and oxygen atoms in total. The first kappa shape index (κ1) is 31.5. The average Bonchev–Trinajstić information content (AvgIpc) is 3.02. The smallest absolute Gasteiger partial charge is 0.202 e. The molecule has 0 spiro atoms. The van der Waals surface area contributed by atoms with E-state index in [-0.39, 0.29) is 34.4 Å². The van der Waals surface area contributed by atoms with E-state index in [0.29, 0.717) is 6.61 Å². The number of carbonyl (C=O) groups excluding carboxylic acids is 3. The number of ketones is 3. The summed E-state index contributed by atoms with van der Waals surface area (Å²) >= 11 is 0. The van der Waals surface area contributed by atoms with E-state index in [9.17, 15) is 34.8 Å². The Morgan fingerprint density at radius 3 is 2.49 bits per heavy atom. The van der Waals surface area contributed by atoms with Crippen LogP contribution >= 0.6 is 0 Å². The first-order valence-corrected chi connectivity index (χ1v) is 15.1. The molecule has 2 fully saturated rings. The number of hydrogen-bond donors (Lipinski definition) is 5. The fourth-order valence-electron chi connectivity index (χ4n) is 6.95. The van der Waals surface area contributed by atoms with Gasteiger partial charge in [-0.3, -0.25) is 14.4 Å². The highest BCUT2D eigenvalue weighted by Gasteiger charge is 2.50. The number of benzene rings is 2. The normalized spacial score (nSPS) is 31.1. The Kier molecular flexibility index (Phi) is 8.46. The molecule has 2 aromatic carbocycles. The third kappa shape index (κ3) is 5.31. The van der Waals surface area contributed by atoms with E-state index in [4.69, 9.17) is 29.4 Å². The summed E-state index contributed by atoms with van der Waals surface area (Å²) in [5, 5.41) is 44.2. The molecule has 0 amide bonds. The summed E-state index contributed by atoms with van der Waals surface area (Å²) in [5.74, 6) is -3.67. The highest BCUT2D eigenvalue weighted by molar-refractivity contribution is 6.31. The number of phenolic OH excluding ortho intramolecular Hbond substituents is 2. The van der Waals surface area contributed by atoms with Gasteiger partial charge in [0, 0.05) is 48.6 Å². The Labute approximate surface area is 258 Å². The Morgan fingerprint density at radius 1 is 1.07 bits per heavy atom. The van der Waals surface area contributed by atoms with Gasteiger partial charge in [-0.15, -0.1) is 0 Å². The highest BCUT2D eigenvalue weighted by Crippen LogP contribution is 2.52. The van der Waals surface area contributed by atoms with Crippen LogP contribution in [0, 0.1) is 0 Å². The molecule has 0 aromatic heterocycles. The monoisotopic (exact) mass is 627 g/mol. The molecule has 6 N–H and O–H groups in total.